The second-order valence-corrected chi connectivity index (χ2v) is 7.98. The number of anilines is 1. The van der Waals surface area contributed by atoms with Gasteiger partial charge in [-0.05, 0) is 30.2 Å². The van der Waals surface area contributed by atoms with Gasteiger partial charge in [0.25, 0.3) is 5.91 Å². The highest BCUT2D eigenvalue weighted by molar-refractivity contribution is 8.26. The number of thioether (sulfide) groups is 1. The number of carbonyl (C=O) groups excluding carboxylic acids is 2. The van der Waals surface area contributed by atoms with E-state index in [1.807, 2.05) is 0 Å². The normalized spacial score (nSPS) is 15.7. The molecule has 9 heteroatoms. The molecule has 1 aliphatic rings. The van der Waals surface area contributed by atoms with Crippen LogP contribution in [0.3, 0.4) is 0 Å². The number of hydrogen-bond donors (Lipinski definition) is 2. The lowest BCUT2D eigenvalue weighted by Gasteiger charge is -2.13. The quantitative estimate of drug-likeness (QED) is 0.566. The summed E-state index contributed by atoms with van der Waals surface area (Å²) in [7, 11) is 0. The molecular weight excluding hydrogens is 390 g/mol. The molecule has 0 aliphatic carbocycles. The van der Waals surface area contributed by atoms with Crippen LogP contribution in [0.15, 0.2) is 40.7 Å². The molecule has 2 N–H and O–H groups in total. The Balaban J connectivity index is 1.54. The van der Waals surface area contributed by atoms with Gasteiger partial charge in [-0.15, -0.1) is 11.3 Å². The van der Waals surface area contributed by atoms with Gasteiger partial charge in [0.05, 0.1) is 4.91 Å². The van der Waals surface area contributed by atoms with Crippen molar-refractivity contribution in [2.24, 2.45) is 0 Å². The summed E-state index contributed by atoms with van der Waals surface area (Å²) in [6.07, 6.45) is 4.17. The van der Waals surface area contributed by atoms with E-state index in [0.717, 1.165) is 5.56 Å². The van der Waals surface area contributed by atoms with Gasteiger partial charge < -0.3 is 10.4 Å². The van der Waals surface area contributed by atoms with Gasteiger partial charge >= 0.3 is 0 Å². The minimum absolute atomic E-state index is 0.134. The van der Waals surface area contributed by atoms with Gasteiger partial charge in [0.15, 0.2) is 5.13 Å². The van der Waals surface area contributed by atoms with Gasteiger partial charge in [0.2, 0.25) is 5.91 Å². The molecule has 2 aromatic rings. The number of benzene rings is 1. The lowest BCUT2D eigenvalue weighted by molar-refractivity contribution is -0.122. The molecule has 1 fully saturated rings. The van der Waals surface area contributed by atoms with Crippen LogP contribution in [0.25, 0.3) is 6.08 Å². The van der Waals surface area contributed by atoms with Gasteiger partial charge in [0, 0.05) is 24.5 Å². The summed E-state index contributed by atoms with van der Waals surface area (Å²) in [6, 6.07) is 6.58. The maximum absolute atomic E-state index is 12.5. The van der Waals surface area contributed by atoms with E-state index in [9.17, 15) is 14.7 Å². The standard InChI is InChI=1S/C17H15N3O3S3/c21-12-5-3-11(4-6-12)10-13-15(23)20(17(24)26-13)8-1-2-14(22)19-16-18-7-9-25-16/h3-7,9-10,21H,1-2,8H2,(H,18,19,22)/b13-10-. The first-order chi connectivity index (χ1) is 12.5. The van der Waals surface area contributed by atoms with Crippen LogP contribution in [-0.2, 0) is 9.59 Å². The maximum Gasteiger partial charge on any atom is 0.266 e. The Morgan fingerprint density at radius 2 is 2.12 bits per heavy atom. The Kier molecular flexibility index (Phi) is 6.02. The molecule has 2 heterocycles. The highest BCUT2D eigenvalue weighted by Gasteiger charge is 2.31. The van der Waals surface area contributed by atoms with Crippen LogP contribution in [0, 0.1) is 0 Å². The largest absolute Gasteiger partial charge is 0.508 e. The van der Waals surface area contributed by atoms with Crippen molar-refractivity contribution in [2.45, 2.75) is 12.8 Å². The van der Waals surface area contributed by atoms with Crippen molar-refractivity contribution in [2.75, 3.05) is 11.9 Å². The molecule has 26 heavy (non-hydrogen) atoms. The van der Waals surface area contributed by atoms with Crippen molar-refractivity contribution in [3.8, 4) is 5.75 Å². The average molecular weight is 406 g/mol. The molecule has 1 aromatic carbocycles. The zero-order valence-corrected chi connectivity index (χ0v) is 16.0. The third kappa shape index (κ3) is 4.69. The molecule has 0 unspecified atom stereocenters. The van der Waals surface area contributed by atoms with Crippen molar-refractivity contribution in [1.29, 1.82) is 0 Å². The monoisotopic (exact) mass is 405 g/mol. The number of rotatable bonds is 6. The zero-order valence-electron chi connectivity index (χ0n) is 13.5. The highest BCUT2D eigenvalue weighted by atomic mass is 32.2. The Hall–Kier alpha value is -2.23. The molecule has 0 spiro atoms. The fourth-order valence-corrected chi connectivity index (χ4v) is 4.13. The first-order valence-electron chi connectivity index (χ1n) is 7.76. The summed E-state index contributed by atoms with van der Waals surface area (Å²) in [5, 5.41) is 14.4. The number of aromatic nitrogens is 1. The van der Waals surface area contributed by atoms with Crippen LogP contribution in [-0.4, -0.2) is 37.7 Å². The van der Waals surface area contributed by atoms with Crippen molar-refractivity contribution >= 4 is 62.7 Å². The van der Waals surface area contributed by atoms with Crippen molar-refractivity contribution in [3.05, 3.63) is 46.3 Å². The van der Waals surface area contributed by atoms with E-state index in [2.05, 4.69) is 10.3 Å². The second-order valence-electron chi connectivity index (χ2n) is 5.41. The zero-order chi connectivity index (χ0) is 18.5. The first kappa shape index (κ1) is 18.6. The third-order valence-corrected chi connectivity index (χ3v) is 5.59. The van der Waals surface area contributed by atoms with Crippen LogP contribution >= 0.6 is 35.3 Å². The van der Waals surface area contributed by atoms with E-state index in [0.29, 0.717) is 27.3 Å². The van der Waals surface area contributed by atoms with Crippen molar-refractivity contribution in [1.82, 2.24) is 9.88 Å². The van der Waals surface area contributed by atoms with Crippen LogP contribution in [0.4, 0.5) is 5.13 Å². The van der Waals surface area contributed by atoms with Gasteiger partial charge in [-0.25, -0.2) is 4.98 Å². The summed E-state index contributed by atoms with van der Waals surface area (Å²) >= 11 is 7.88. The Morgan fingerprint density at radius 1 is 1.35 bits per heavy atom. The van der Waals surface area contributed by atoms with Gasteiger partial charge in [-0.2, -0.15) is 0 Å². The number of thiazole rings is 1. The lowest BCUT2D eigenvalue weighted by Crippen LogP contribution is -2.29. The molecule has 1 saturated heterocycles. The Labute approximate surface area is 163 Å². The first-order valence-corrected chi connectivity index (χ1v) is 9.87. The number of amides is 2. The molecule has 0 bridgehead atoms. The van der Waals surface area contributed by atoms with E-state index < -0.39 is 0 Å². The number of carbonyl (C=O) groups is 2. The van der Waals surface area contributed by atoms with Crippen molar-refractivity contribution in [3.63, 3.8) is 0 Å². The Bertz CT molecular complexity index is 848. The maximum atomic E-state index is 12.5. The van der Waals surface area contributed by atoms with Crippen LogP contribution < -0.4 is 5.32 Å². The van der Waals surface area contributed by atoms with E-state index in [1.54, 1.807) is 41.9 Å². The molecule has 1 aromatic heterocycles. The summed E-state index contributed by atoms with van der Waals surface area (Å²) in [6.45, 7) is 0.392. The van der Waals surface area contributed by atoms with E-state index in [4.69, 9.17) is 12.2 Å². The predicted octanol–water partition coefficient (Wildman–Crippen LogP) is 3.47. The molecule has 3 rings (SSSR count). The number of phenols is 1. The van der Waals surface area contributed by atoms with Crippen LogP contribution in [0.2, 0.25) is 0 Å². The molecule has 134 valence electrons. The molecule has 6 nitrogen and oxygen atoms in total. The number of nitrogens with one attached hydrogen (secondary N) is 1. The number of nitrogens with zero attached hydrogens (tertiary/aromatic N) is 2. The predicted molar refractivity (Wildman–Crippen MR) is 108 cm³/mol. The highest BCUT2D eigenvalue weighted by Crippen LogP contribution is 2.32. The topological polar surface area (TPSA) is 82.5 Å². The lowest BCUT2D eigenvalue weighted by atomic mass is 10.2. The Morgan fingerprint density at radius 3 is 2.81 bits per heavy atom. The fraction of sp³-hybridized carbons (Fsp3) is 0.176. The smallest absolute Gasteiger partial charge is 0.266 e. The summed E-state index contributed by atoms with van der Waals surface area (Å²) in [5.74, 6) is -0.121. The summed E-state index contributed by atoms with van der Waals surface area (Å²) < 4.78 is 0.486. The molecule has 1 aliphatic heterocycles. The minimum atomic E-state index is -0.159. The van der Waals surface area contributed by atoms with Crippen molar-refractivity contribution < 1.29 is 14.7 Å². The van der Waals surface area contributed by atoms with E-state index in [-0.39, 0.29) is 24.0 Å². The average Bonchev–Trinajstić information content (AvgIpc) is 3.20. The van der Waals surface area contributed by atoms with Crippen LogP contribution in [0.1, 0.15) is 18.4 Å². The summed E-state index contributed by atoms with van der Waals surface area (Å²) in [4.78, 5) is 30.4. The number of hydrogen-bond acceptors (Lipinski definition) is 7. The molecule has 0 saturated carbocycles. The number of phenolic OH excluding ortho intramolecular Hbond substituents is 1. The van der Waals surface area contributed by atoms with E-state index >= 15 is 0 Å². The second kappa shape index (κ2) is 8.43. The molecular formula is C17H15N3O3S3. The van der Waals surface area contributed by atoms with Gasteiger partial charge in [-0.1, -0.05) is 36.1 Å². The number of thiocarbonyl (C=S) groups is 1. The summed E-state index contributed by atoms with van der Waals surface area (Å²) in [5.41, 5.74) is 0.811. The van der Waals surface area contributed by atoms with Gasteiger partial charge in [0.1, 0.15) is 10.1 Å². The number of aromatic hydroxyl groups is 1. The molecule has 0 radical (unpaired) electrons. The third-order valence-electron chi connectivity index (χ3n) is 3.53. The van der Waals surface area contributed by atoms with E-state index in [1.165, 1.54) is 28.0 Å². The minimum Gasteiger partial charge on any atom is -0.508 e. The SMILES string of the molecule is O=C(CCCN1C(=O)/C(=C/c2ccc(O)cc2)SC1=S)Nc1nccs1. The molecule has 0 atom stereocenters. The molecule has 2 amide bonds. The van der Waals surface area contributed by atoms with Gasteiger partial charge in [-0.3, -0.25) is 14.5 Å². The fourth-order valence-electron chi connectivity index (χ4n) is 2.28. The van der Waals surface area contributed by atoms with Crippen LogP contribution in [0.5, 0.6) is 5.75 Å².